The van der Waals surface area contributed by atoms with Gasteiger partial charge in [-0.2, -0.15) is 5.10 Å². The fourth-order valence-corrected chi connectivity index (χ4v) is 2.90. The monoisotopic (exact) mass is 375 g/mol. The van der Waals surface area contributed by atoms with Crippen LogP contribution in [0.2, 0.25) is 4.34 Å². The number of nitrogens with zero attached hydrogens (tertiary/aromatic N) is 2. The molecule has 1 amide bonds. The third-order valence-electron chi connectivity index (χ3n) is 3.14. The van der Waals surface area contributed by atoms with Gasteiger partial charge < -0.3 is 4.42 Å². The topological polar surface area (TPSA) is 97.7 Å². The molecular weight excluding hydrogens is 366 g/mol. The van der Waals surface area contributed by atoms with Gasteiger partial charge in [-0.3, -0.25) is 14.9 Å². The number of benzene rings is 1. The van der Waals surface area contributed by atoms with Gasteiger partial charge in [-0.15, -0.1) is 11.3 Å². The van der Waals surface area contributed by atoms with Crippen LogP contribution in [-0.2, 0) is 0 Å². The third-order valence-corrected chi connectivity index (χ3v) is 4.37. The van der Waals surface area contributed by atoms with Crippen molar-refractivity contribution < 1.29 is 14.1 Å². The Labute approximate surface area is 150 Å². The van der Waals surface area contributed by atoms with Crippen LogP contribution in [0.5, 0.6) is 0 Å². The number of rotatable bonds is 5. The number of nitrogens with one attached hydrogen (secondary N) is 1. The highest BCUT2D eigenvalue weighted by Crippen LogP contribution is 2.24. The molecule has 126 valence electrons. The van der Waals surface area contributed by atoms with Crippen LogP contribution in [0.15, 0.2) is 58.0 Å². The average Bonchev–Trinajstić information content (AvgIpc) is 3.24. The Morgan fingerprint density at radius 2 is 1.96 bits per heavy atom. The van der Waals surface area contributed by atoms with Crippen molar-refractivity contribution in [1.29, 1.82) is 0 Å². The van der Waals surface area contributed by atoms with Crippen LogP contribution in [0.25, 0.3) is 11.3 Å². The summed E-state index contributed by atoms with van der Waals surface area (Å²) in [6.07, 6.45) is 1.36. The maximum absolute atomic E-state index is 11.8. The van der Waals surface area contributed by atoms with E-state index in [1.807, 2.05) is 0 Å². The highest BCUT2D eigenvalue weighted by Gasteiger charge is 2.09. The highest BCUT2D eigenvalue weighted by molar-refractivity contribution is 7.17. The number of halogens is 1. The van der Waals surface area contributed by atoms with Crippen molar-refractivity contribution in [3.05, 3.63) is 73.6 Å². The van der Waals surface area contributed by atoms with Gasteiger partial charge in [0.2, 0.25) is 0 Å². The minimum absolute atomic E-state index is 0.00786. The van der Waals surface area contributed by atoms with Crippen LogP contribution in [0.4, 0.5) is 5.69 Å². The van der Waals surface area contributed by atoms with Crippen LogP contribution < -0.4 is 5.43 Å². The Bertz CT molecular complexity index is 946. The standard InChI is InChI=1S/C16H10ClN3O4S/c17-15-8-7-14(25-15)16(21)19-18-9-12-5-6-13(24-12)10-1-3-11(4-2-10)20(22)23/h1-9H,(H,19,21)/b18-9-. The summed E-state index contributed by atoms with van der Waals surface area (Å²) >= 11 is 6.92. The number of nitro groups is 1. The number of carbonyl (C=O) groups excluding carboxylic acids is 1. The van der Waals surface area contributed by atoms with Gasteiger partial charge in [-0.05, 0) is 36.4 Å². The molecule has 0 spiro atoms. The van der Waals surface area contributed by atoms with Crippen LogP contribution in [-0.4, -0.2) is 17.0 Å². The second-order valence-electron chi connectivity index (χ2n) is 4.81. The van der Waals surface area contributed by atoms with Gasteiger partial charge in [0, 0.05) is 17.7 Å². The maximum Gasteiger partial charge on any atom is 0.281 e. The fourth-order valence-electron chi connectivity index (χ4n) is 1.97. The molecule has 25 heavy (non-hydrogen) atoms. The van der Waals surface area contributed by atoms with Gasteiger partial charge in [0.1, 0.15) is 11.5 Å². The quantitative estimate of drug-likeness (QED) is 0.407. The molecule has 0 aliphatic carbocycles. The summed E-state index contributed by atoms with van der Waals surface area (Å²) in [6.45, 7) is 0. The van der Waals surface area contributed by atoms with Crippen molar-refractivity contribution in [1.82, 2.24) is 5.43 Å². The number of nitro benzene ring substituents is 1. The van der Waals surface area contributed by atoms with Crippen LogP contribution in [0.3, 0.4) is 0 Å². The summed E-state index contributed by atoms with van der Waals surface area (Å²) < 4.78 is 6.09. The predicted molar refractivity (Wildman–Crippen MR) is 95.2 cm³/mol. The molecule has 1 aromatic carbocycles. The molecule has 7 nitrogen and oxygen atoms in total. The molecule has 2 heterocycles. The van der Waals surface area contributed by atoms with Gasteiger partial charge in [-0.25, -0.2) is 5.43 Å². The molecule has 0 bridgehead atoms. The molecule has 9 heteroatoms. The molecular formula is C16H10ClN3O4S. The zero-order valence-electron chi connectivity index (χ0n) is 12.5. The van der Waals surface area contributed by atoms with E-state index >= 15 is 0 Å². The van der Waals surface area contributed by atoms with Crippen molar-refractivity contribution in [2.75, 3.05) is 0 Å². The fraction of sp³-hybridized carbons (Fsp3) is 0. The van der Waals surface area contributed by atoms with Crippen molar-refractivity contribution in [2.24, 2.45) is 5.10 Å². The van der Waals surface area contributed by atoms with E-state index in [2.05, 4.69) is 10.5 Å². The zero-order chi connectivity index (χ0) is 17.8. The first kappa shape index (κ1) is 16.9. The lowest BCUT2D eigenvalue weighted by Gasteiger charge is -1.96. The summed E-state index contributed by atoms with van der Waals surface area (Å²) in [4.78, 5) is 22.4. The second kappa shape index (κ2) is 7.29. The van der Waals surface area contributed by atoms with Crippen molar-refractivity contribution in [3.8, 4) is 11.3 Å². The molecule has 2 aromatic heterocycles. The molecule has 0 radical (unpaired) electrons. The lowest BCUT2D eigenvalue weighted by molar-refractivity contribution is -0.384. The molecule has 0 saturated heterocycles. The van der Waals surface area contributed by atoms with E-state index in [-0.39, 0.29) is 11.6 Å². The molecule has 3 aromatic rings. The Balaban J connectivity index is 1.65. The lowest BCUT2D eigenvalue weighted by atomic mass is 10.1. The van der Waals surface area contributed by atoms with Crippen molar-refractivity contribution in [2.45, 2.75) is 0 Å². The van der Waals surface area contributed by atoms with Gasteiger partial charge >= 0.3 is 0 Å². The molecule has 3 rings (SSSR count). The molecule has 1 N–H and O–H groups in total. The van der Waals surface area contributed by atoms with Gasteiger partial charge in [0.05, 0.1) is 20.4 Å². The Morgan fingerprint density at radius 1 is 1.20 bits per heavy atom. The summed E-state index contributed by atoms with van der Waals surface area (Å²) in [5.74, 6) is 0.598. The van der Waals surface area contributed by atoms with E-state index < -0.39 is 4.92 Å². The maximum atomic E-state index is 11.8. The van der Waals surface area contributed by atoms with E-state index in [4.69, 9.17) is 16.0 Å². The normalized spacial score (nSPS) is 10.9. The molecule has 0 atom stereocenters. The smallest absolute Gasteiger partial charge is 0.281 e. The first-order chi connectivity index (χ1) is 12.0. The molecule has 0 saturated carbocycles. The number of hydrogen-bond acceptors (Lipinski definition) is 6. The third kappa shape index (κ3) is 4.11. The van der Waals surface area contributed by atoms with Crippen LogP contribution >= 0.6 is 22.9 Å². The van der Waals surface area contributed by atoms with E-state index in [0.29, 0.717) is 26.3 Å². The largest absolute Gasteiger partial charge is 0.455 e. The van der Waals surface area contributed by atoms with E-state index in [9.17, 15) is 14.9 Å². The number of hydrogen-bond donors (Lipinski definition) is 1. The number of furan rings is 1. The highest BCUT2D eigenvalue weighted by atomic mass is 35.5. The minimum Gasteiger partial charge on any atom is -0.455 e. The average molecular weight is 376 g/mol. The van der Waals surface area contributed by atoms with E-state index in [1.165, 1.54) is 18.3 Å². The number of hydrazone groups is 1. The minimum atomic E-state index is -0.465. The summed E-state index contributed by atoms with van der Waals surface area (Å²) in [5.41, 5.74) is 3.08. The Hall–Kier alpha value is -2.97. The van der Waals surface area contributed by atoms with Crippen LogP contribution in [0.1, 0.15) is 15.4 Å². The Morgan fingerprint density at radius 3 is 2.60 bits per heavy atom. The summed E-state index contributed by atoms with van der Waals surface area (Å²) in [6, 6.07) is 12.6. The van der Waals surface area contributed by atoms with Gasteiger partial charge in [0.15, 0.2) is 0 Å². The number of thiophene rings is 1. The number of non-ortho nitro benzene ring substituents is 1. The summed E-state index contributed by atoms with van der Waals surface area (Å²) in [5, 5.41) is 14.5. The molecule has 0 fully saturated rings. The SMILES string of the molecule is O=C(N/N=C\c1ccc(-c2ccc([N+](=O)[O-])cc2)o1)c1ccc(Cl)s1. The summed E-state index contributed by atoms with van der Waals surface area (Å²) in [7, 11) is 0. The first-order valence-electron chi connectivity index (χ1n) is 6.96. The lowest BCUT2D eigenvalue weighted by Crippen LogP contribution is -2.15. The van der Waals surface area contributed by atoms with E-state index in [1.54, 1.807) is 36.4 Å². The predicted octanol–water partition coefficient (Wildman–Crippen LogP) is 4.33. The van der Waals surface area contributed by atoms with Crippen molar-refractivity contribution >= 4 is 40.7 Å². The second-order valence-corrected chi connectivity index (χ2v) is 6.52. The van der Waals surface area contributed by atoms with Crippen LogP contribution in [0, 0.1) is 10.1 Å². The van der Waals surface area contributed by atoms with Crippen molar-refractivity contribution in [3.63, 3.8) is 0 Å². The van der Waals surface area contributed by atoms with Gasteiger partial charge in [-0.1, -0.05) is 11.6 Å². The first-order valence-corrected chi connectivity index (χ1v) is 8.16. The Kier molecular flexibility index (Phi) is 4.92. The van der Waals surface area contributed by atoms with E-state index in [0.717, 1.165) is 11.3 Å². The number of amides is 1. The zero-order valence-corrected chi connectivity index (χ0v) is 14.1. The number of carbonyl (C=O) groups is 1. The molecule has 0 unspecified atom stereocenters. The molecule has 0 aliphatic rings. The van der Waals surface area contributed by atoms with Gasteiger partial charge in [0.25, 0.3) is 11.6 Å². The molecule has 0 aliphatic heterocycles.